The third-order valence-corrected chi connectivity index (χ3v) is 4.09. The molecule has 0 saturated carbocycles. The molecule has 1 aliphatic rings. The van der Waals surface area contributed by atoms with Crippen LogP contribution in [0.2, 0.25) is 0 Å². The van der Waals surface area contributed by atoms with Crippen LogP contribution in [-0.2, 0) is 11.2 Å². The number of morpholine rings is 1. The summed E-state index contributed by atoms with van der Waals surface area (Å²) < 4.78 is 5.37. The fourth-order valence-electron chi connectivity index (χ4n) is 2.82. The highest BCUT2D eigenvalue weighted by molar-refractivity contribution is 5.27. The lowest BCUT2D eigenvalue weighted by Crippen LogP contribution is -2.45. The van der Waals surface area contributed by atoms with Gasteiger partial charge in [-0.05, 0) is 17.5 Å². The predicted octanol–water partition coefficient (Wildman–Crippen LogP) is 2.97. The Morgan fingerprint density at radius 2 is 1.90 bits per heavy atom. The first-order chi connectivity index (χ1) is 9.76. The molecular formula is C17H24N2O. The average Bonchev–Trinajstić information content (AvgIpc) is 2.50. The molecule has 20 heavy (non-hydrogen) atoms. The number of nitriles is 1. The maximum atomic E-state index is 9.52. The van der Waals surface area contributed by atoms with E-state index in [9.17, 15) is 5.26 Å². The lowest BCUT2D eigenvalue weighted by atomic mass is 9.91. The first kappa shape index (κ1) is 15.0. The smallest absolute Gasteiger partial charge is 0.105 e. The Kier molecular flexibility index (Phi) is 5.58. The van der Waals surface area contributed by atoms with Gasteiger partial charge in [-0.25, -0.2) is 0 Å². The zero-order chi connectivity index (χ0) is 14.4. The summed E-state index contributed by atoms with van der Waals surface area (Å²) in [4.78, 5) is 2.24. The van der Waals surface area contributed by atoms with Crippen LogP contribution in [0.3, 0.4) is 0 Å². The number of hydrogen-bond donors (Lipinski definition) is 0. The second kappa shape index (κ2) is 7.42. The molecule has 1 aliphatic heterocycles. The van der Waals surface area contributed by atoms with Crippen molar-refractivity contribution >= 4 is 0 Å². The van der Waals surface area contributed by atoms with E-state index in [0.717, 1.165) is 32.7 Å². The van der Waals surface area contributed by atoms with Crippen molar-refractivity contribution in [3.8, 4) is 6.07 Å². The van der Waals surface area contributed by atoms with Crippen molar-refractivity contribution in [2.45, 2.75) is 38.6 Å². The van der Waals surface area contributed by atoms with Crippen LogP contribution in [0.15, 0.2) is 24.3 Å². The molecule has 1 saturated heterocycles. The summed E-state index contributed by atoms with van der Waals surface area (Å²) in [7, 11) is 0. The third-order valence-electron chi connectivity index (χ3n) is 4.09. The van der Waals surface area contributed by atoms with Crippen molar-refractivity contribution in [2.24, 2.45) is 0 Å². The van der Waals surface area contributed by atoms with Gasteiger partial charge in [0.2, 0.25) is 0 Å². The van der Waals surface area contributed by atoms with Gasteiger partial charge in [0.15, 0.2) is 0 Å². The van der Waals surface area contributed by atoms with Crippen molar-refractivity contribution in [2.75, 3.05) is 26.3 Å². The van der Waals surface area contributed by atoms with Crippen molar-refractivity contribution < 1.29 is 4.74 Å². The maximum Gasteiger partial charge on any atom is 0.105 e. The number of rotatable bonds is 5. The largest absolute Gasteiger partial charge is 0.379 e. The van der Waals surface area contributed by atoms with Crippen molar-refractivity contribution in [3.05, 3.63) is 35.4 Å². The van der Waals surface area contributed by atoms with Crippen LogP contribution in [0.4, 0.5) is 0 Å². The van der Waals surface area contributed by atoms with E-state index in [-0.39, 0.29) is 12.0 Å². The van der Waals surface area contributed by atoms with Crippen molar-refractivity contribution in [1.82, 2.24) is 4.90 Å². The first-order valence-electron chi connectivity index (χ1n) is 7.56. The van der Waals surface area contributed by atoms with Gasteiger partial charge in [0.05, 0.1) is 19.3 Å². The zero-order valence-electron chi connectivity index (χ0n) is 12.5. The average molecular weight is 272 g/mol. The zero-order valence-corrected chi connectivity index (χ0v) is 12.5. The highest BCUT2D eigenvalue weighted by atomic mass is 16.5. The Labute approximate surface area is 122 Å². The van der Waals surface area contributed by atoms with Crippen LogP contribution < -0.4 is 0 Å². The number of benzene rings is 1. The molecule has 1 fully saturated rings. The minimum Gasteiger partial charge on any atom is -0.379 e. The molecule has 2 rings (SSSR count). The van der Waals surface area contributed by atoms with Crippen molar-refractivity contribution in [1.29, 1.82) is 5.26 Å². The molecule has 0 amide bonds. The van der Waals surface area contributed by atoms with Gasteiger partial charge in [0.25, 0.3) is 0 Å². The van der Waals surface area contributed by atoms with Gasteiger partial charge in [0.1, 0.15) is 6.04 Å². The predicted molar refractivity (Wildman–Crippen MR) is 80.6 cm³/mol. The molecule has 3 nitrogen and oxygen atoms in total. The molecule has 1 aromatic rings. The van der Waals surface area contributed by atoms with E-state index in [0.29, 0.717) is 0 Å². The lowest BCUT2D eigenvalue weighted by Gasteiger charge is -2.33. The van der Waals surface area contributed by atoms with E-state index in [1.54, 1.807) is 0 Å². The summed E-state index contributed by atoms with van der Waals surface area (Å²) in [5.41, 5.74) is 2.63. The van der Waals surface area contributed by atoms with Gasteiger partial charge in [-0.1, -0.05) is 44.5 Å². The number of ether oxygens (including phenoxy) is 1. The van der Waals surface area contributed by atoms with Gasteiger partial charge in [-0.15, -0.1) is 0 Å². The Morgan fingerprint density at radius 3 is 2.45 bits per heavy atom. The SMILES string of the molecule is CCCc1ccc(C(C)C(C#N)N2CCOCC2)cc1. The molecule has 0 aromatic heterocycles. The van der Waals surface area contributed by atoms with E-state index in [1.807, 2.05) is 0 Å². The van der Waals surface area contributed by atoms with Gasteiger partial charge in [-0.3, -0.25) is 4.90 Å². The van der Waals surface area contributed by atoms with Crippen LogP contribution in [-0.4, -0.2) is 37.2 Å². The Morgan fingerprint density at radius 1 is 1.25 bits per heavy atom. The Bertz CT molecular complexity index is 443. The summed E-state index contributed by atoms with van der Waals surface area (Å²) in [6.07, 6.45) is 2.29. The molecule has 0 spiro atoms. The van der Waals surface area contributed by atoms with Gasteiger partial charge in [-0.2, -0.15) is 5.26 Å². The third kappa shape index (κ3) is 3.59. The van der Waals surface area contributed by atoms with E-state index in [4.69, 9.17) is 4.74 Å². The summed E-state index contributed by atoms with van der Waals surface area (Å²) in [5, 5.41) is 9.52. The Hall–Kier alpha value is -1.37. The number of nitrogens with zero attached hydrogens (tertiary/aromatic N) is 2. The van der Waals surface area contributed by atoms with Crippen LogP contribution >= 0.6 is 0 Å². The minimum absolute atomic E-state index is 0.0593. The van der Waals surface area contributed by atoms with Gasteiger partial charge in [0, 0.05) is 19.0 Å². The second-order valence-electron chi connectivity index (χ2n) is 5.50. The van der Waals surface area contributed by atoms with E-state index in [2.05, 4.69) is 49.1 Å². The molecule has 0 bridgehead atoms. The summed E-state index contributed by atoms with van der Waals surface area (Å²) >= 11 is 0. The second-order valence-corrected chi connectivity index (χ2v) is 5.50. The molecule has 2 unspecified atom stereocenters. The Balaban J connectivity index is 2.07. The number of hydrogen-bond acceptors (Lipinski definition) is 3. The molecule has 3 heteroatoms. The highest BCUT2D eigenvalue weighted by Gasteiger charge is 2.26. The quantitative estimate of drug-likeness (QED) is 0.827. The first-order valence-corrected chi connectivity index (χ1v) is 7.56. The molecule has 0 radical (unpaired) electrons. The van der Waals surface area contributed by atoms with E-state index < -0.39 is 0 Å². The van der Waals surface area contributed by atoms with Crippen LogP contribution in [0.25, 0.3) is 0 Å². The van der Waals surface area contributed by atoms with E-state index in [1.165, 1.54) is 17.5 Å². The normalized spacial score (nSPS) is 19.2. The molecular weight excluding hydrogens is 248 g/mol. The maximum absolute atomic E-state index is 9.52. The molecule has 1 heterocycles. The monoisotopic (exact) mass is 272 g/mol. The van der Waals surface area contributed by atoms with Gasteiger partial charge >= 0.3 is 0 Å². The topological polar surface area (TPSA) is 36.3 Å². The van der Waals surface area contributed by atoms with Gasteiger partial charge < -0.3 is 4.74 Å². The van der Waals surface area contributed by atoms with Crippen LogP contribution in [0.1, 0.15) is 37.3 Å². The fourth-order valence-corrected chi connectivity index (χ4v) is 2.82. The summed E-state index contributed by atoms with van der Waals surface area (Å²) in [6.45, 7) is 7.53. The minimum atomic E-state index is -0.0593. The van der Waals surface area contributed by atoms with Crippen LogP contribution in [0, 0.1) is 11.3 Å². The molecule has 0 aliphatic carbocycles. The molecule has 1 aromatic carbocycles. The number of aryl methyl sites for hydroxylation is 1. The fraction of sp³-hybridized carbons (Fsp3) is 0.588. The standard InChI is InChI=1S/C17H24N2O/c1-3-4-15-5-7-16(8-6-15)14(2)17(13-18)19-9-11-20-12-10-19/h5-8,14,17H,3-4,9-12H2,1-2H3. The highest BCUT2D eigenvalue weighted by Crippen LogP contribution is 2.24. The molecule has 2 atom stereocenters. The molecule has 0 N–H and O–H groups in total. The van der Waals surface area contributed by atoms with Crippen molar-refractivity contribution in [3.63, 3.8) is 0 Å². The summed E-state index contributed by atoms with van der Waals surface area (Å²) in [6, 6.07) is 11.2. The van der Waals surface area contributed by atoms with Crippen LogP contribution in [0.5, 0.6) is 0 Å². The summed E-state index contributed by atoms with van der Waals surface area (Å²) in [5.74, 6) is 0.230. The van der Waals surface area contributed by atoms with E-state index >= 15 is 0 Å². The lowest BCUT2D eigenvalue weighted by molar-refractivity contribution is 0.0231. The molecule has 108 valence electrons.